The fourth-order valence-corrected chi connectivity index (χ4v) is 1.50. The Morgan fingerprint density at radius 3 is 2.73 bits per heavy atom. The van der Waals surface area contributed by atoms with Crippen LogP contribution in [0.25, 0.3) is 0 Å². The van der Waals surface area contributed by atoms with Gasteiger partial charge in [0, 0.05) is 12.6 Å². The van der Waals surface area contributed by atoms with E-state index >= 15 is 0 Å². The number of rotatable bonds is 1. The van der Waals surface area contributed by atoms with Gasteiger partial charge in [-0.3, -0.25) is 4.68 Å². The predicted octanol–water partition coefficient (Wildman–Crippen LogP) is 1.27. The van der Waals surface area contributed by atoms with Crippen LogP contribution < -0.4 is 5.73 Å². The maximum atomic E-state index is 5.81. The summed E-state index contributed by atoms with van der Waals surface area (Å²) in [6, 6.07) is 0. The summed E-state index contributed by atoms with van der Waals surface area (Å²) < 4.78 is 1.74. The van der Waals surface area contributed by atoms with E-state index in [9.17, 15) is 0 Å². The number of nitrogens with zero attached hydrogens (tertiary/aromatic N) is 2. The SMILES string of the molecule is Cn1ncc(C2CCC2)c1N. The molecule has 0 aliphatic heterocycles. The molecule has 1 fully saturated rings. The van der Waals surface area contributed by atoms with E-state index in [0.717, 1.165) is 5.82 Å². The maximum Gasteiger partial charge on any atom is 0.124 e. The minimum atomic E-state index is 0.698. The molecular weight excluding hydrogens is 138 g/mol. The molecule has 0 atom stereocenters. The Morgan fingerprint density at radius 2 is 2.36 bits per heavy atom. The topological polar surface area (TPSA) is 43.8 Å². The van der Waals surface area contributed by atoms with Crippen LogP contribution in [-0.4, -0.2) is 9.78 Å². The van der Waals surface area contributed by atoms with Gasteiger partial charge in [0.1, 0.15) is 5.82 Å². The quantitative estimate of drug-likeness (QED) is 0.656. The fourth-order valence-electron chi connectivity index (χ4n) is 1.50. The van der Waals surface area contributed by atoms with Crippen LogP contribution >= 0.6 is 0 Å². The van der Waals surface area contributed by atoms with Crippen molar-refractivity contribution in [2.45, 2.75) is 25.2 Å². The summed E-state index contributed by atoms with van der Waals surface area (Å²) >= 11 is 0. The van der Waals surface area contributed by atoms with Gasteiger partial charge in [-0.2, -0.15) is 5.10 Å². The molecule has 0 bridgehead atoms. The largest absolute Gasteiger partial charge is 0.384 e. The van der Waals surface area contributed by atoms with Crippen molar-refractivity contribution in [2.75, 3.05) is 5.73 Å². The summed E-state index contributed by atoms with van der Waals surface area (Å²) in [6.07, 6.45) is 5.82. The van der Waals surface area contributed by atoms with Crippen LogP contribution in [0.15, 0.2) is 6.20 Å². The molecule has 0 radical (unpaired) electrons. The summed E-state index contributed by atoms with van der Waals surface area (Å²) in [4.78, 5) is 0. The lowest BCUT2D eigenvalue weighted by atomic mass is 9.81. The van der Waals surface area contributed by atoms with E-state index in [1.54, 1.807) is 4.68 Å². The molecule has 2 N–H and O–H groups in total. The zero-order valence-electron chi connectivity index (χ0n) is 6.75. The van der Waals surface area contributed by atoms with Gasteiger partial charge in [-0.25, -0.2) is 0 Å². The molecule has 1 aromatic rings. The van der Waals surface area contributed by atoms with Crippen molar-refractivity contribution in [3.05, 3.63) is 11.8 Å². The Hall–Kier alpha value is -0.990. The van der Waals surface area contributed by atoms with Crippen molar-refractivity contribution < 1.29 is 0 Å². The van der Waals surface area contributed by atoms with Crippen molar-refractivity contribution in [3.8, 4) is 0 Å². The molecule has 1 aliphatic carbocycles. The van der Waals surface area contributed by atoms with Gasteiger partial charge in [-0.1, -0.05) is 6.42 Å². The molecular formula is C8H13N3. The summed E-state index contributed by atoms with van der Waals surface area (Å²) in [6.45, 7) is 0. The highest BCUT2D eigenvalue weighted by Gasteiger charge is 2.23. The second-order valence-corrected chi connectivity index (χ2v) is 3.24. The van der Waals surface area contributed by atoms with Gasteiger partial charge in [-0.15, -0.1) is 0 Å². The standard InChI is InChI=1S/C8H13N3/c1-11-8(9)7(5-10-11)6-3-2-4-6/h5-6H,2-4,9H2,1H3. The van der Waals surface area contributed by atoms with Crippen molar-refractivity contribution in [2.24, 2.45) is 7.05 Å². The molecule has 2 rings (SSSR count). The Bertz CT molecular complexity index is 260. The highest BCUT2D eigenvalue weighted by Crippen LogP contribution is 2.38. The zero-order valence-corrected chi connectivity index (χ0v) is 6.75. The summed E-state index contributed by atoms with van der Waals surface area (Å²) in [5, 5.41) is 4.11. The molecule has 3 heteroatoms. The van der Waals surface area contributed by atoms with Gasteiger partial charge < -0.3 is 5.73 Å². The second kappa shape index (κ2) is 2.26. The van der Waals surface area contributed by atoms with E-state index in [1.165, 1.54) is 24.8 Å². The first kappa shape index (κ1) is 6.70. The lowest BCUT2D eigenvalue weighted by Crippen LogP contribution is -2.10. The molecule has 3 nitrogen and oxygen atoms in total. The van der Waals surface area contributed by atoms with Crippen LogP contribution in [-0.2, 0) is 7.05 Å². The average Bonchev–Trinajstić information content (AvgIpc) is 2.15. The number of aryl methyl sites for hydroxylation is 1. The number of hydrogen-bond donors (Lipinski definition) is 1. The molecule has 1 saturated carbocycles. The van der Waals surface area contributed by atoms with Gasteiger partial charge in [0.25, 0.3) is 0 Å². The monoisotopic (exact) mass is 151 g/mol. The van der Waals surface area contributed by atoms with Crippen LogP contribution in [0, 0.1) is 0 Å². The number of nitrogen functional groups attached to an aromatic ring is 1. The lowest BCUT2D eigenvalue weighted by molar-refractivity contribution is 0.421. The smallest absolute Gasteiger partial charge is 0.124 e. The number of hydrogen-bond acceptors (Lipinski definition) is 2. The maximum absolute atomic E-state index is 5.81. The lowest BCUT2D eigenvalue weighted by Gasteiger charge is -2.24. The predicted molar refractivity (Wildman–Crippen MR) is 44.2 cm³/mol. The fraction of sp³-hybridized carbons (Fsp3) is 0.625. The minimum Gasteiger partial charge on any atom is -0.384 e. The Morgan fingerprint density at radius 1 is 1.64 bits per heavy atom. The normalized spacial score (nSPS) is 18.3. The molecule has 0 unspecified atom stereocenters. The molecule has 11 heavy (non-hydrogen) atoms. The molecule has 1 aromatic heterocycles. The summed E-state index contributed by atoms with van der Waals surface area (Å²) in [5.41, 5.74) is 7.06. The molecule has 0 spiro atoms. The molecule has 1 heterocycles. The Kier molecular flexibility index (Phi) is 1.37. The van der Waals surface area contributed by atoms with Crippen LogP contribution in [0.4, 0.5) is 5.82 Å². The second-order valence-electron chi connectivity index (χ2n) is 3.24. The molecule has 0 amide bonds. The van der Waals surface area contributed by atoms with Crippen molar-refractivity contribution in [1.82, 2.24) is 9.78 Å². The molecule has 0 aromatic carbocycles. The summed E-state index contributed by atoms with van der Waals surface area (Å²) in [7, 11) is 1.89. The van der Waals surface area contributed by atoms with Gasteiger partial charge in [0.15, 0.2) is 0 Å². The molecule has 60 valence electrons. The third-order valence-electron chi connectivity index (χ3n) is 2.56. The van der Waals surface area contributed by atoms with E-state index in [1.807, 2.05) is 13.2 Å². The van der Waals surface area contributed by atoms with E-state index < -0.39 is 0 Å². The zero-order chi connectivity index (χ0) is 7.84. The highest BCUT2D eigenvalue weighted by molar-refractivity contribution is 5.41. The number of nitrogens with two attached hydrogens (primary N) is 1. The summed E-state index contributed by atoms with van der Waals surface area (Å²) in [5.74, 6) is 1.54. The van der Waals surface area contributed by atoms with Crippen LogP contribution in [0.1, 0.15) is 30.7 Å². The number of anilines is 1. The first-order valence-corrected chi connectivity index (χ1v) is 4.06. The van der Waals surface area contributed by atoms with Gasteiger partial charge in [0.2, 0.25) is 0 Å². The van der Waals surface area contributed by atoms with Crippen LogP contribution in [0.2, 0.25) is 0 Å². The third kappa shape index (κ3) is 0.914. The van der Waals surface area contributed by atoms with Gasteiger partial charge >= 0.3 is 0 Å². The van der Waals surface area contributed by atoms with E-state index in [0.29, 0.717) is 5.92 Å². The van der Waals surface area contributed by atoms with E-state index in [4.69, 9.17) is 5.73 Å². The highest BCUT2D eigenvalue weighted by atomic mass is 15.3. The van der Waals surface area contributed by atoms with E-state index in [2.05, 4.69) is 5.10 Å². The Balaban J connectivity index is 2.29. The average molecular weight is 151 g/mol. The van der Waals surface area contributed by atoms with Crippen molar-refractivity contribution in [1.29, 1.82) is 0 Å². The first-order valence-electron chi connectivity index (χ1n) is 4.06. The van der Waals surface area contributed by atoms with Crippen LogP contribution in [0.5, 0.6) is 0 Å². The van der Waals surface area contributed by atoms with Crippen LogP contribution in [0.3, 0.4) is 0 Å². The van der Waals surface area contributed by atoms with Crippen molar-refractivity contribution in [3.63, 3.8) is 0 Å². The molecule has 0 saturated heterocycles. The van der Waals surface area contributed by atoms with Crippen molar-refractivity contribution >= 4 is 5.82 Å². The minimum absolute atomic E-state index is 0.698. The number of aromatic nitrogens is 2. The molecule has 1 aliphatic rings. The van der Waals surface area contributed by atoms with Gasteiger partial charge in [-0.05, 0) is 18.8 Å². The Labute approximate surface area is 66.2 Å². The van der Waals surface area contributed by atoms with E-state index in [-0.39, 0.29) is 0 Å². The first-order chi connectivity index (χ1) is 5.29. The third-order valence-corrected chi connectivity index (χ3v) is 2.56. The van der Waals surface area contributed by atoms with Gasteiger partial charge in [0.05, 0.1) is 6.20 Å².